The normalized spacial score (nSPS) is 13.2. The molecule has 17 heavy (non-hydrogen) atoms. The predicted octanol–water partition coefficient (Wildman–Crippen LogP) is 2.96. The lowest BCUT2D eigenvalue weighted by molar-refractivity contribution is -0.125. The van der Waals surface area contributed by atoms with Gasteiger partial charge in [-0.2, -0.15) is 0 Å². The molecule has 0 aliphatic carbocycles. The largest absolute Gasteiger partial charge is 0.355 e. The molecule has 0 heterocycles. The van der Waals surface area contributed by atoms with Gasteiger partial charge in [0.05, 0.1) is 5.41 Å². The monoisotopic (exact) mass is 253 g/mol. The second kappa shape index (κ2) is 6.06. The first-order chi connectivity index (χ1) is 7.98. The molecule has 1 N–H and O–H groups in total. The molecule has 0 aromatic heterocycles. The van der Waals surface area contributed by atoms with Crippen molar-refractivity contribution in [1.82, 2.24) is 5.32 Å². The lowest BCUT2D eigenvalue weighted by Crippen LogP contribution is -2.41. The summed E-state index contributed by atoms with van der Waals surface area (Å²) in [5, 5.41) is 2.95. The van der Waals surface area contributed by atoms with E-state index >= 15 is 0 Å². The molecular formula is C14H20ClNO. The third kappa shape index (κ3) is 3.74. The number of amides is 1. The van der Waals surface area contributed by atoms with Crippen LogP contribution in [0, 0.1) is 5.92 Å². The van der Waals surface area contributed by atoms with Gasteiger partial charge in [0.2, 0.25) is 5.91 Å². The molecule has 94 valence electrons. The number of hydrogen-bond acceptors (Lipinski definition) is 1. The molecular weight excluding hydrogens is 234 g/mol. The molecule has 1 atom stereocenters. The maximum absolute atomic E-state index is 12.1. The average molecular weight is 254 g/mol. The third-order valence-electron chi connectivity index (χ3n) is 2.94. The van der Waals surface area contributed by atoms with Crippen LogP contribution < -0.4 is 5.32 Å². The SMILES string of the molecule is CC(CCl)CNC(=O)C(C)(C)c1ccccc1. The number of hydrogen-bond donors (Lipinski definition) is 1. The van der Waals surface area contributed by atoms with Crippen LogP contribution in [-0.2, 0) is 10.2 Å². The highest BCUT2D eigenvalue weighted by Gasteiger charge is 2.29. The summed E-state index contributed by atoms with van der Waals surface area (Å²) in [5.74, 6) is 0.902. The smallest absolute Gasteiger partial charge is 0.230 e. The molecule has 1 unspecified atom stereocenters. The van der Waals surface area contributed by atoms with E-state index in [9.17, 15) is 4.79 Å². The van der Waals surface area contributed by atoms with Crippen molar-refractivity contribution in [1.29, 1.82) is 0 Å². The molecule has 2 nitrogen and oxygen atoms in total. The van der Waals surface area contributed by atoms with Gasteiger partial charge < -0.3 is 5.32 Å². The van der Waals surface area contributed by atoms with Crippen LogP contribution in [0.3, 0.4) is 0 Å². The maximum Gasteiger partial charge on any atom is 0.230 e. The summed E-state index contributed by atoms with van der Waals surface area (Å²) in [6.07, 6.45) is 0. The summed E-state index contributed by atoms with van der Waals surface area (Å²) in [5.41, 5.74) is 0.517. The van der Waals surface area contributed by atoms with Gasteiger partial charge in [-0.25, -0.2) is 0 Å². The zero-order valence-corrected chi connectivity index (χ0v) is 11.4. The predicted molar refractivity (Wildman–Crippen MR) is 72.4 cm³/mol. The maximum atomic E-state index is 12.1. The minimum absolute atomic E-state index is 0.0423. The molecule has 0 aliphatic rings. The summed E-state index contributed by atoms with van der Waals surface area (Å²) in [6, 6.07) is 9.81. The van der Waals surface area contributed by atoms with Crippen LogP contribution in [0.4, 0.5) is 0 Å². The van der Waals surface area contributed by atoms with Gasteiger partial charge in [0.1, 0.15) is 0 Å². The first kappa shape index (κ1) is 14.0. The van der Waals surface area contributed by atoms with E-state index in [4.69, 9.17) is 11.6 Å². The molecule has 0 fully saturated rings. The number of benzene rings is 1. The van der Waals surface area contributed by atoms with Gasteiger partial charge in [-0.3, -0.25) is 4.79 Å². The van der Waals surface area contributed by atoms with Crippen LogP contribution in [0.15, 0.2) is 30.3 Å². The van der Waals surface area contributed by atoms with E-state index < -0.39 is 5.41 Å². The fourth-order valence-electron chi connectivity index (χ4n) is 1.53. The first-order valence-corrected chi connectivity index (χ1v) is 6.41. The molecule has 0 spiro atoms. The Kier molecular flexibility index (Phi) is 5.01. The van der Waals surface area contributed by atoms with Crippen LogP contribution in [0.5, 0.6) is 0 Å². The summed E-state index contributed by atoms with van der Waals surface area (Å²) in [4.78, 5) is 12.1. The van der Waals surface area contributed by atoms with Crippen LogP contribution >= 0.6 is 11.6 Å². The Labute approximate surface area is 108 Å². The Morgan fingerprint density at radius 1 is 1.35 bits per heavy atom. The molecule has 0 saturated heterocycles. The summed E-state index contributed by atoms with van der Waals surface area (Å²) < 4.78 is 0. The molecule has 1 aromatic rings. The highest BCUT2D eigenvalue weighted by molar-refractivity contribution is 6.18. The fraction of sp³-hybridized carbons (Fsp3) is 0.500. The number of carbonyl (C=O) groups excluding carboxylic acids is 1. The van der Waals surface area contributed by atoms with Crippen molar-refractivity contribution in [3.63, 3.8) is 0 Å². The van der Waals surface area contributed by atoms with Crippen molar-refractivity contribution in [3.8, 4) is 0 Å². The Balaban J connectivity index is 2.67. The van der Waals surface area contributed by atoms with Crippen molar-refractivity contribution < 1.29 is 4.79 Å². The van der Waals surface area contributed by atoms with E-state index in [1.165, 1.54) is 0 Å². The standard InChI is InChI=1S/C14H20ClNO/c1-11(9-15)10-16-13(17)14(2,3)12-7-5-4-6-8-12/h4-8,11H,9-10H2,1-3H3,(H,16,17). The highest BCUT2D eigenvalue weighted by atomic mass is 35.5. The second-order valence-electron chi connectivity index (χ2n) is 4.96. The summed E-state index contributed by atoms with van der Waals surface area (Å²) >= 11 is 5.72. The molecule has 0 saturated carbocycles. The molecule has 0 radical (unpaired) electrons. The van der Waals surface area contributed by atoms with Crippen molar-refractivity contribution in [2.24, 2.45) is 5.92 Å². The number of halogens is 1. The zero-order chi connectivity index (χ0) is 12.9. The van der Waals surface area contributed by atoms with Gasteiger partial charge in [0, 0.05) is 12.4 Å². The minimum Gasteiger partial charge on any atom is -0.355 e. The topological polar surface area (TPSA) is 29.1 Å². The summed E-state index contributed by atoms with van der Waals surface area (Å²) in [6.45, 7) is 6.51. The number of rotatable bonds is 5. The van der Waals surface area contributed by atoms with E-state index in [1.807, 2.05) is 51.1 Å². The number of carbonyl (C=O) groups is 1. The zero-order valence-electron chi connectivity index (χ0n) is 10.7. The number of nitrogens with one attached hydrogen (secondary N) is 1. The summed E-state index contributed by atoms with van der Waals surface area (Å²) in [7, 11) is 0. The Morgan fingerprint density at radius 3 is 2.47 bits per heavy atom. The van der Waals surface area contributed by atoms with Crippen LogP contribution in [-0.4, -0.2) is 18.3 Å². The van der Waals surface area contributed by atoms with Gasteiger partial charge in [-0.15, -0.1) is 11.6 Å². The highest BCUT2D eigenvalue weighted by Crippen LogP contribution is 2.22. The van der Waals surface area contributed by atoms with Crippen molar-refractivity contribution in [2.45, 2.75) is 26.2 Å². The van der Waals surface area contributed by atoms with E-state index in [-0.39, 0.29) is 5.91 Å². The molecule has 1 rings (SSSR count). The van der Waals surface area contributed by atoms with Gasteiger partial charge in [-0.05, 0) is 25.3 Å². The van der Waals surface area contributed by atoms with E-state index in [1.54, 1.807) is 0 Å². The van der Waals surface area contributed by atoms with E-state index in [0.29, 0.717) is 18.3 Å². The Hall–Kier alpha value is -1.02. The van der Waals surface area contributed by atoms with Crippen molar-refractivity contribution in [3.05, 3.63) is 35.9 Å². The molecule has 1 aromatic carbocycles. The first-order valence-electron chi connectivity index (χ1n) is 5.88. The minimum atomic E-state index is -0.507. The molecule has 0 bridgehead atoms. The second-order valence-corrected chi connectivity index (χ2v) is 5.27. The average Bonchev–Trinajstić information content (AvgIpc) is 2.36. The Morgan fingerprint density at radius 2 is 1.94 bits per heavy atom. The molecule has 3 heteroatoms. The lowest BCUT2D eigenvalue weighted by atomic mass is 9.83. The third-order valence-corrected chi connectivity index (χ3v) is 3.46. The van der Waals surface area contributed by atoms with E-state index in [0.717, 1.165) is 5.56 Å². The van der Waals surface area contributed by atoms with Gasteiger partial charge in [0.15, 0.2) is 0 Å². The van der Waals surface area contributed by atoms with Crippen LogP contribution in [0.1, 0.15) is 26.3 Å². The van der Waals surface area contributed by atoms with Crippen LogP contribution in [0.25, 0.3) is 0 Å². The van der Waals surface area contributed by atoms with Crippen molar-refractivity contribution in [2.75, 3.05) is 12.4 Å². The van der Waals surface area contributed by atoms with Gasteiger partial charge in [-0.1, -0.05) is 37.3 Å². The number of alkyl halides is 1. The lowest BCUT2D eigenvalue weighted by Gasteiger charge is -2.25. The molecule has 0 aliphatic heterocycles. The van der Waals surface area contributed by atoms with Gasteiger partial charge >= 0.3 is 0 Å². The van der Waals surface area contributed by atoms with E-state index in [2.05, 4.69) is 5.32 Å². The van der Waals surface area contributed by atoms with Crippen LogP contribution in [0.2, 0.25) is 0 Å². The quantitative estimate of drug-likeness (QED) is 0.804. The fourth-order valence-corrected chi connectivity index (χ4v) is 1.64. The van der Waals surface area contributed by atoms with Crippen molar-refractivity contribution >= 4 is 17.5 Å². The Bertz CT molecular complexity index is 362. The molecule has 1 amide bonds. The van der Waals surface area contributed by atoms with Gasteiger partial charge in [0.25, 0.3) is 0 Å².